The molecule has 17 heavy (non-hydrogen) atoms. The first kappa shape index (κ1) is 13.8. The van der Waals surface area contributed by atoms with Crippen LogP contribution in [0.4, 0.5) is 0 Å². The lowest BCUT2D eigenvalue weighted by atomic mass is 10.0. The van der Waals surface area contributed by atoms with Crippen LogP contribution in [0.2, 0.25) is 0 Å². The first-order valence-corrected chi connectivity index (χ1v) is 5.62. The molecule has 1 aliphatic heterocycles. The van der Waals surface area contributed by atoms with E-state index in [9.17, 15) is 0 Å². The average Bonchev–Trinajstić information content (AvgIpc) is 2.36. The van der Waals surface area contributed by atoms with E-state index in [0.29, 0.717) is 0 Å². The molecule has 1 aromatic rings. The van der Waals surface area contributed by atoms with E-state index < -0.39 is 0 Å². The molecule has 1 heterocycles. The van der Waals surface area contributed by atoms with E-state index in [4.69, 9.17) is 9.47 Å². The summed E-state index contributed by atoms with van der Waals surface area (Å²) in [5, 5.41) is 0. The van der Waals surface area contributed by atoms with Gasteiger partial charge in [0.2, 0.25) is 0 Å². The van der Waals surface area contributed by atoms with Gasteiger partial charge >= 0.3 is 0 Å². The number of halogens is 1. The molecule has 0 atom stereocenters. The molecule has 0 aliphatic carbocycles. The van der Waals surface area contributed by atoms with Crippen molar-refractivity contribution in [2.75, 3.05) is 27.3 Å². The van der Waals surface area contributed by atoms with E-state index in [0.717, 1.165) is 31.0 Å². The van der Waals surface area contributed by atoms with Gasteiger partial charge in [-0.2, -0.15) is 0 Å². The average molecular weight is 256 g/mol. The van der Waals surface area contributed by atoms with Gasteiger partial charge in [-0.3, -0.25) is 0 Å². The number of hydrogen-bond acceptors (Lipinski definition) is 2. The van der Waals surface area contributed by atoms with Crippen molar-refractivity contribution in [3.05, 3.63) is 23.3 Å². The monoisotopic (exact) mass is 255 g/mol. The Morgan fingerprint density at radius 3 is 2.41 bits per heavy atom. The Bertz CT molecular complexity index is 430. The number of likely N-dealkylation sites (N-methyl/N-ethyl adjacent to an activating group) is 1. The third kappa shape index (κ3) is 2.72. The molecular weight excluding hydrogens is 238 g/mol. The fourth-order valence-corrected chi connectivity index (χ4v) is 2.05. The van der Waals surface area contributed by atoms with Crippen molar-refractivity contribution in [2.45, 2.75) is 13.3 Å². The van der Waals surface area contributed by atoms with Crippen LogP contribution in [0, 0.1) is 0 Å². The maximum Gasteiger partial charge on any atom is 0.171 e. The molecule has 0 bridgehead atoms. The quantitative estimate of drug-likeness (QED) is 0.628. The summed E-state index contributed by atoms with van der Waals surface area (Å²) in [7, 11) is 3.35. The predicted octanol–water partition coefficient (Wildman–Crippen LogP) is -1.28. The highest BCUT2D eigenvalue weighted by Crippen LogP contribution is 2.30. The minimum absolute atomic E-state index is 0. The van der Waals surface area contributed by atoms with Crippen molar-refractivity contribution in [2.24, 2.45) is 0 Å². The highest BCUT2D eigenvalue weighted by molar-refractivity contribution is 5.80. The fraction of sp³-hybridized carbons (Fsp3) is 0.462. The van der Waals surface area contributed by atoms with Crippen molar-refractivity contribution in [3.63, 3.8) is 0 Å². The minimum Gasteiger partial charge on any atom is -1.00 e. The summed E-state index contributed by atoms with van der Waals surface area (Å²) in [6.07, 6.45) is 3.26. The Labute approximate surface area is 108 Å². The molecule has 0 amide bonds. The molecule has 0 N–H and O–H groups in total. The maximum absolute atomic E-state index is 5.31. The number of hydrogen-bond donors (Lipinski definition) is 0. The molecule has 0 saturated heterocycles. The van der Waals surface area contributed by atoms with Crippen LogP contribution in [0.5, 0.6) is 11.5 Å². The largest absolute Gasteiger partial charge is 1.00 e. The number of fused-ring (bicyclic) bond motifs is 1. The summed E-state index contributed by atoms with van der Waals surface area (Å²) < 4.78 is 12.9. The second kappa shape index (κ2) is 5.92. The van der Waals surface area contributed by atoms with Gasteiger partial charge in [-0.15, -0.1) is 0 Å². The number of methoxy groups -OCH3 is 2. The number of ether oxygens (including phenoxy) is 2. The van der Waals surface area contributed by atoms with Gasteiger partial charge in [-0.05, 0) is 24.6 Å². The van der Waals surface area contributed by atoms with Crippen LogP contribution in [0.1, 0.15) is 18.1 Å². The zero-order valence-electron chi connectivity index (χ0n) is 10.5. The lowest BCUT2D eigenvalue weighted by Crippen LogP contribution is -3.00. The summed E-state index contributed by atoms with van der Waals surface area (Å²) in [4.78, 5) is 0. The van der Waals surface area contributed by atoms with E-state index in [1.165, 1.54) is 11.1 Å². The van der Waals surface area contributed by atoms with Gasteiger partial charge in [-0.1, -0.05) is 0 Å². The van der Waals surface area contributed by atoms with Crippen molar-refractivity contribution in [3.8, 4) is 11.5 Å². The highest BCUT2D eigenvalue weighted by atomic mass is 35.5. The molecule has 4 heteroatoms. The summed E-state index contributed by atoms with van der Waals surface area (Å²) in [5.41, 5.74) is 2.58. The molecule has 1 aromatic carbocycles. The van der Waals surface area contributed by atoms with Crippen LogP contribution in [0.3, 0.4) is 0 Å². The number of nitrogens with zero attached hydrogens (tertiary/aromatic N) is 1. The second-order valence-electron chi connectivity index (χ2n) is 3.91. The third-order valence-electron chi connectivity index (χ3n) is 3.04. The molecule has 1 aliphatic rings. The Morgan fingerprint density at radius 1 is 1.18 bits per heavy atom. The molecule has 2 rings (SSSR count). The number of benzene rings is 1. The Balaban J connectivity index is 0.00000144. The van der Waals surface area contributed by atoms with Crippen molar-refractivity contribution < 1.29 is 26.5 Å². The molecule has 0 radical (unpaired) electrons. The van der Waals surface area contributed by atoms with Gasteiger partial charge in [0.05, 0.1) is 14.2 Å². The standard InChI is InChI=1S/C13H18NO2.ClH/c1-4-14-6-5-10-7-12(15-2)13(16-3)8-11(10)9-14;/h7-9H,4-6H2,1-3H3;1H/q+1;/p-1. The van der Waals surface area contributed by atoms with Gasteiger partial charge < -0.3 is 21.9 Å². The third-order valence-corrected chi connectivity index (χ3v) is 3.04. The Hall–Kier alpha value is -1.22. The van der Waals surface area contributed by atoms with Crippen LogP contribution in [-0.4, -0.2) is 38.1 Å². The zero-order chi connectivity index (χ0) is 11.5. The van der Waals surface area contributed by atoms with Crippen LogP contribution in [-0.2, 0) is 6.42 Å². The summed E-state index contributed by atoms with van der Waals surface area (Å²) >= 11 is 0. The van der Waals surface area contributed by atoms with Crippen molar-refractivity contribution >= 4 is 6.21 Å². The first-order valence-electron chi connectivity index (χ1n) is 5.62. The van der Waals surface area contributed by atoms with Gasteiger partial charge in [0.1, 0.15) is 13.1 Å². The topological polar surface area (TPSA) is 21.5 Å². The van der Waals surface area contributed by atoms with Crippen molar-refractivity contribution in [1.29, 1.82) is 0 Å². The van der Waals surface area contributed by atoms with E-state index >= 15 is 0 Å². The van der Waals surface area contributed by atoms with Gasteiger partial charge in [0.25, 0.3) is 0 Å². The molecule has 0 unspecified atom stereocenters. The molecular formula is C13H18ClNO2. The lowest BCUT2D eigenvalue weighted by molar-refractivity contribution is -0.520. The van der Waals surface area contributed by atoms with E-state index in [1.54, 1.807) is 14.2 Å². The number of rotatable bonds is 3. The van der Waals surface area contributed by atoms with Gasteiger partial charge in [0.15, 0.2) is 17.7 Å². The van der Waals surface area contributed by atoms with Crippen LogP contribution < -0.4 is 21.9 Å². The Kier molecular flexibility index (Phi) is 4.82. The molecule has 0 aromatic heterocycles. The van der Waals surface area contributed by atoms with Gasteiger partial charge in [-0.25, -0.2) is 4.58 Å². The van der Waals surface area contributed by atoms with Crippen molar-refractivity contribution in [1.82, 2.24) is 0 Å². The highest BCUT2D eigenvalue weighted by Gasteiger charge is 2.17. The minimum atomic E-state index is 0. The van der Waals surface area contributed by atoms with Crippen LogP contribution in [0.25, 0.3) is 0 Å². The van der Waals surface area contributed by atoms with E-state index in [-0.39, 0.29) is 12.4 Å². The molecule has 3 nitrogen and oxygen atoms in total. The second-order valence-corrected chi connectivity index (χ2v) is 3.91. The van der Waals surface area contributed by atoms with Gasteiger partial charge in [0, 0.05) is 12.0 Å². The summed E-state index contributed by atoms with van der Waals surface area (Å²) in [5.74, 6) is 1.62. The smallest absolute Gasteiger partial charge is 0.171 e. The molecule has 0 saturated carbocycles. The van der Waals surface area contributed by atoms with Crippen LogP contribution in [0.15, 0.2) is 12.1 Å². The Morgan fingerprint density at radius 2 is 1.82 bits per heavy atom. The summed E-state index contributed by atoms with van der Waals surface area (Å²) in [6, 6.07) is 4.13. The van der Waals surface area contributed by atoms with E-state index in [1.807, 2.05) is 0 Å². The maximum atomic E-state index is 5.31. The molecule has 0 fully saturated rings. The predicted molar refractivity (Wildman–Crippen MR) is 64.1 cm³/mol. The summed E-state index contributed by atoms with van der Waals surface area (Å²) in [6.45, 7) is 4.30. The first-order chi connectivity index (χ1) is 7.78. The lowest BCUT2D eigenvalue weighted by Gasteiger charge is -2.15. The zero-order valence-corrected chi connectivity index (χ0v) is 11.3. The molecule has 94 valence electrons. The normalized spacial score (nSPS) is 13.2. The van der Waals surface area contributed by atoms with E-state index in [2.05, 4.69) is 29.8 Å². The fourth-order valence-electron chi connectivity index (χ4n) is 2.05. The van der Waals surface area contributed by atoms with Crippen LogP contribution >= 0.6 is 0 Å². The SMILES string of the molecule is CC[N+]1=Cc2cc(OC)c(OC)cc2CC1.[Cl-]. The molecule has 0 spiro atoms.